The average molecular weight is 510 g/mol. The molecule has 3 rings (SSSR count). The van der Waals surface area contributed by atoms with Crippen LogP contribution >= 0.6 is 11.6 Å². The van der Waals surface area contributed by atoms with Gasteiger partial charge in [0.25, 0.3) is 15.9 Å². The first kappa shape index (κ1) is 25.6. The van der Waals surface area contributed by atoms with Gasteiger partial charge in [0.1, 0.15) is 11.4 Å². The molecule has 0 spiro atoms. The molecule has 1 aliphatic rings. The van der Waals surface area contributed by atoms with Gasteiger partial charge < -0.3 is 19.3 Å². The third kappa shape index (κ3) is 6.32. The molecule has 2 aromatic carbocycles. The van der Waals surface area contributed by atoms with E-state index >= 15 is 0 Å². The quantitative estimate of drug-likeness (QED) is 0.656. The van der Waals surface area contributed by atoms with Crippen LogP contribution in [0.1, 0.15) is 31.1 Å². The van der Waals surface area contributed by atoms with Crippen LogP contribution in [0.2, 0.25) is 5.02 Å². The summed E-state index contributed by atoms with van der Waals surface area (Å²) in [6, 6.07) is 10.3. The molecule has 0 saturated carbocycles. The van der Waals surface area contributed by atoms with Gasteiger partial charge in [-0.25, -0.2) is 13.2 Å². The van der Waals surface area contributed by atoms with Crippen molar-refractivity contribution in [3.05, 3.63) is 53.1 Å². The third-order valence-corrected chi connectivity index (χ3v) is 6.66. The molecular formula is C23H28ClN3O6S. The Morgan fingerprint density at radius 1 is 0.971 bits per heavy atom. The van der Waals surface area contributed by atoms with Crippen molar-refractivity contribution in [2.75, 3.05) is 38.0 Å². The third-order valence-electron chi connectivity index (χ3n) is 5.04. The Morgan fingerprint density at radius 3 is 2.12 bits per heavy atom. The van der Waals surface area contributed by atoms with Crippen LogP contribution in [0, 0.1) is 0 Å². The minimum atomic E-state index is -3.96. The lowest BCUT2D eigenvalue weighted by Crippen LogP contribution is -2.51. The van der Waals surface area contributed by atoms with Crippen LogP contribution in [-0.4, -0.2) is 69.1 Å². The van der Waals surface area contributed by atoms with Crippen LogP contribution in [0.5, 0.6) is 5.75 Å². The fraction of sp³-hybridized carbons (Fsp3) is 0.391. The van der Waals surface area contributed by atoms with Gasteiger partial charge in [-0.15, -0.1) is 0 Å². The Labute approximate surface area is 204 Å². The number of anilines is 1. The van der Waals surface area contributed by atoms with Gasteiger partial charge in [0.2, 0.25) is 0 Å². The van der Waals surface area contributed by atoms with E-state index in [9.17, 15) is 18.0 Å². The second kappa shape index (κ2) is 10.1. The molecule has 9 nitrogen and oxygen atoms in total. The number of benzene rings is 2. The first-order valence-corrected chi connectivity index (χ1v) is 12.5. The van der Waals surface area contributed by atoms with Gasteiger partial charge in [-0.1, -0.05) is 11.6 Å². The highest BCUT2D eigenvalue weighted by Gasteiger charge is 2.29. The van der Waals surface area contributed by atoms with E-state index in [2.05, 4.69) is 4.72 Å². The molecule has 2 aromatic rings. The van der Waals surface area contributed by atoms with E-state index in [1.807, 2.05) is 0 Å². The highest BCUT2D eigenvalue weighted by atomic mass is 35.5. The molecule has 1 saturated heterocycles. The molecule has 1 N–H and O–H groups in total. The number of nitrogens with one attached hydrogen (secondary N) is 1. The lowest BCUT2D eigenvalue weighted by Gasteiger charge is -2.35. The van der Waals surface area contributed by atoms with Crippen LogP contribution in [0.15, 0.2) is 47.4 Å². The first-order chi connectivity index (χ1) is 15.9. The second-order valence-electron chi connectivity index (χ2n) is 8.73. The monoisotopic (exact) mass is 509 g/mol. The molecule has 0 radical (unpaired) electrons. The van der Waals surface area contributed by atoms with Gasteiger partial charge in [0.15, 0.2) is 0 Å². The molecule has 11 heteroatoms. The van der Waals surface area contributed by atoms with Crippen molar-refractivity contribution in [2.24, 2.45) is 0 Å². The molecule has 1 heterocycles. The standard InChI is InChI=1S/C23H28ClN3O6S/c1-23(2,3)33-22(29)27-13-11-26(12-14-27)21(28)19-15-16(24)5-10-20(19)25-34(30,31)18-8-6-17(32-4)7-9-18/h5-10,15,25H,11-14H2,1-4H3. The first-order valence-electron chi connectivity index (χ1n) is 10.6. The Bertz CT molecular complexity index is 1150. The zero-order valence-corrected chi connectivity index (χ0v) is 21.1. The lowest BCUT2D eigenvalue weighted by molar-refractivity contribution is 0.0141. The highest BCUT2D eigenvalue weighted by molar-refractivity contribution is 7.92. The van der Waals surface area contributed by atoms with E-state index in [1.165, 1.54) is 49.6 Å². The number of nitrogens with zero attached hydrogens (tertiary/aromatic N) is 2. The average Bonchev–Trinajstić information content (AvgIpc) is 2.78. The van der Waals surface area contributed by atoms with Crippen molar-refractivity contribution in [2.45, 2.75) is 31.3 Å². The van der Waals surface area contributed by atoms with Crippen molar-refractivity contribution < 1.29 is 27.5 Å². The number of rotatable bonds is 5. The van der Waals surface area contributed by atoms with Crippen LogP contribution in [0.4, 0.5) is 10.5 Å². The summed E-state index contributed by atoms with van der Waals surface area (Å²) in [5.41, 5.74) is -0.379. The van der Waals surface area contributed by atoms with E-state index in [0.717, 1.165) is 0 Å². The van der Waals surface area contributed by atoms with Crippen molar-refractivity contribution >= 4 is 39.3 Å². The summed E-state index contributed by atoms with van der Waals surface area (Å²) in [5.74, 6) is 0.130. The van der Waals surface area contributed by atoms with Crippen LogP contribution < -0.4 is 9.46 Å². The maximum absolute atomic E-state index is 13.3. The minimum Gasteiger partial charge on any atom is -0.497 e. The minimum absolute atomic E-state index is 0.0209. The molecular weight excluding hydrogens is 482 g/mol. The molecule has 0 atom stereocenters. The van der Waals surface area contributed by atoms with Gasteiger partial charge in [-0.2, -0.15) is 0 Å². The molecule has 184 valence electrons. The molecule has 0 unspecified atom stereocenters. The highest BCUT2D eigenvalue weighted by Crippen LogP contribution is 2.26. The van der Waals surface area contributed by atoms with Gasteiger partial charge in [0.05, 0.1) is 23.3 Å². The predicted molar refractivity (Wildman–Crippen MR) is 129 cm³/mol. The summed E-state index contributed by atoms with van der Waals surface area (Å²) in [5, 5.41) is 0.295. The number of methoxy groups -OCH3 is 1. The predicted octanol–water partition coefficient (Wildman–Crippen LogP) is 3.84. The number of hydrogen-bond donors (Lipinski definition) is 1. The molecule has 2 amide bonds. The number of carbonyl (C=O) groups is 2. The summed E-state index contributed by atoms with van der Waals surface area (Å²) >= 11 is 6.12. The maximum atomic E-state index is 13.3. The summed E-state index contributed by atoms with van der Waals surface area (Å²) in [6.07, 6.45) is -0.435. The van der Waals surface area contributed by atoms with Crippen LogP contribution in [-0.2, 0) is 14.8 Å². The van der Waals surface area contributed by atoms with Gasteiger partial charge in [0, 0.05) is 31.2 Å². The topological polar surface area (TPSA) is 105 Å². The van der Waals surface area contributed by atoms with Crippen molar-refractivity contribution in [1.29, 1.82) is 0 Å². The molecule has 0 aromatic heterocycles. The Hall–Kier alpha value is -2.98. The van der Waals surface area contributed by atoms with E-state index < -0.39 is 27.6 Å². The SMILES string of the molecule is COc1ccc(S(=O)(=O)Nc2ccc(Cl)cc2C(=O)N2CCN(C(=O)OC(C)(C)C)CC2)cc1. The van der Waals surface area contributed by atoms with E-state index in [-0.39, 0.29) is 29.2 Å². The van der Waals surface area contributed by atoms with E-state index in [0.29, 0.717) is 23.9 Å². The summed E-state index contributed by atoms with van der Waals surface area (Å²) in [4.78, 5) is 28.7. The lowest BCUT2D eigenvalue weighted by atomic mass is 10.1. The molecule has 0 bridgehead atoms. The van der Waals surface area contributed by atoms with Crippen LogP contribution in [0.25, 0.3) is 0 Å². The van der Waals surface area contributed by atoms with Crippen LogP contribution in [0.3, 0.4) is 0 Å². The largest absolute Gasteiger partial charge is 0.497 e. The van der Waals surface area contributed by atoms with Gasteiger partial charge in [-0.05, 0) is 63.2 Å². The molecule has 0 aliphatic carbocycles. The maximum Gasteiger partial charge on any atom is 0.410 e. The van der Waals surface area contributed by atoms with Gasteiger partial charge in [-0.3, -0.25) is 9.52 Å². The second-order valence-corrected chi connectivity index (χ2v) is 10.8. The van der Waals surface area contributed by atoms with Crippen molar-refractivity contribution in [3.8, 4) is 5.75 Å². The number of halogens is 1. The number of hydrogen-bond acceptors (Lipinski definition) is 6. The zero-order valence-electron chi connectivity index (χ0n) is 19.5. The van der Waals surface area contributed by atoms with Crippen molar-refractivity contribution in [3.63, 3.8) is 0 Å². The fourth-order valence-electron chi connectivity index (χ4n) is 3.33. The normalized spacial score (nSPS) is 14.5. The molecule has 34 heavy (non-hydrogen) atoms. The Kier molecular flexibility index (Phi) is 7.62. The smallest absolute Gasteiger partial charge is 0.410 e. The van der Waals surface area contributed by atoms with E-state index in [1.54, 1.807) is 30.6 Å². The number of sulfonamides is 1. The Morgan fingerprint density at radius 2 is 1.56 bits per heavy atom. The van der Waals surface area contributed by atoms with E-state index in [4.69, 9.17) is 21.1 Å². The molecule has 1 aliphatic heterocycles. The van der Waals surface area contributed by atoms with Crippen molar-refractivity contribution in [1.82, 2.24) is 9.80 Å². The van der Waals surface area contributed by atoms with Gasteiger partial charge >= 0.3 is 6.09 Å². The summed E-state index contributed by atoms with van der Waals surface area (Å²) in [6.45, 7) is 6.52. The number of amides is 2. The fourth-order valence-corrected chi connectivity index (χ4v) is 4.58. The summed E-state index contributed by atoms with van der Waals surface area (Å²) in [7, 11) is -2.48. The number of piperazine rings is 1. The molecule has 1 fully saturated rings. The summed E-state index contributed by atoms with van der Waals surface area (Å²) < 4.78 is 38.7. The number of ether oxygens (including phenoxy) is 2. The zero-order chi connectivity index (χ0) is 25.1. The number of carbonyl (C=O) groups excluding carboxylic acids is 2. The Balaban J connectivity index is 1.76.